The van der Waals surface area contributed by atoms with E-state index in [1.807, 2.05) is 0 Å². The molecule has 0 saturated heterocycles. The quantitative estimate of drug-likeness (QED) is 0.542. The lowest BCUT2D eigenvalue weighted by molar-refractivity contribution is 0.252. The normalized spacial score (nSPS) is 10.4. The van der Waals surface area contributed by atoms with Crippen LogP contribution in [0.4, 0.5) is 10.5 Å². The Bertz CT molecular complexity index is 392. The predicted molar refractivity (Wildman–Crippen MR) is 91.1 cm³/mol. The highest BCUT2D eigenvalue weighted by Gasteiger charge is 2.00. The highest BCUT2D eigenvalue weighted by molar-refractivity contribution is 6.30. The van der Waals surface area contributed by atoms with Crippen LogP contribution in [0.1, 0.15) is 58.3 Å². The van der Waals surface area contributed by atoms with Gasteiger partial charge in [0.1, 0.15) is 0 Å². The van der Waals surface area contributed by atoms with Gasteiger partial charge in [-0.25, -0.2) is 4.79 Å². The number of hydrogen-bond acceptors (Lipinski definition) is 1. The summed E-state index contributed by atoms with van der Waals surface area (Å²) in [7, 11) is 0. The van der Waals surface area contributed by atoms with Crippen LogP contribution < -0.4 is 10.6 Å². The van der Waals surface area contributed by atoms with E-state index < -0.39 is 0 Å². The first-order valence-electron chi connectivity index (χ1n) is 8.03. The number of amides is 2. The number of anilines is 1. The molecule has 1 aromatic carbocycles. The maximum Gasteiger partial charge on any atom is 0.319 e. The molecule has 0 spiro atoms. The van der Waals surface area contributed by atoms with Crippen molar-refractivity contribution in [2.75, 3.05) is 11.9 Å². The summed E-state index contributed by atoms with van der Waals surface area (Å²) in [6, 6.07) is 6.95. The average Bonchev–Trinajstić information content (AvgIpc) is 2.48. The summed E-state index contributed by atoms with van der Waals surface area (Å²) in [5.41, 5.74) is 0.757. The first-order valence-corrected chi connectivity index (χ1v) is 8.40. The fourth-order valence-electron chi connectivity index (χ4n) is 2.17. The SMILES string of the molecule is CCCCCCCCCCNC(=O)Nc1ccc(Cl)cc1. The third-order valence-corrected chi connectivity index (χ3v) is 3.67. The number of benzene rings is 1. The number of carbonyl (C=O) groups is 1. The van der Waals surface area contributed by atoms with E-state index in [2.05, 4.69) is 17.6 Å². The molecule has 2 amide bonds. The number of unbranched alkanes of at least 4 members (excludes halogenated alkanes) is 7. The van der Waals surface area contributed by atoms with Crippen molar-refractivity contribution in [3.63, 3.8) is 0 Å². The maximum absolute atomic E-state index is 11.6. The molecule has 0 aliphatic heterocycles. The van der Waals surface area contributed by atoms with Gasteiger partial charge in [-0.15, -0.1) is 0 Å². The highest BCUT2D eigenvalue weighted by Crippen LogP contribution is 2.13. The zero-order valence-electron chi connectivity index (χ0n) is 13.0. The van der Waals surface area contributed by atoms with Crippen LogP contribution in [0.3, 0.4) is 0 Å². The van der Waals surface area contributed by atoms with Gasteiger partial charge in [0, 0.05) is 17.3 Å². The topological polar surface area (TPSA) is 41.1 Å². The number of urea groups is 1. The molecule has 0 unspecified atom stereocenters. The summed E-state index contributed by atoms with van der Waals surface area (Å²) in [5.74, 6) is 0. The Morgan fingerprint density at radius 2 is 1.52 bits per heavy atom. The van der Waals surface area contributed by atoms with Crippen LogP contribution in [-0.2, 0) is 0 Å². The van der Waals surface area contributed by atoms with E-state index in [1.54, 1.807) is 24.3 Å². The van der Waals surface area contributed by atoms with E-state index in [0.717, 1.165) is 18.7 Å². The molecule has 118 valence electrons. The summed E-state index contributed by atoms with van der Waals surface area (Å²) in [6.45, 7) is 2.97. The Hall–Kier alpha value is -1.22. The monoisotopic (exact) mass is 310 g/mol. The summed E-state index contributed by atoms with van der Waals surface area (Å²) in [4.78, 5) is 11.6. The summed E-state index contributed by atoms with van der Waals surface area (Å²) >= 11 is 5.79. The minimum absolute atomic E-state index is 0.153. The molecule has 0 aliphatic rings. The predicted octanol–water partition coefficient (Wildman–Crippen LogP) is 5.60. The molecular weight excluding hydrogens is 284 g/mol. The maximum atomic E-state index is 11.6. The molecule has 0 atom stereocenters. The van der Waals surface area contributed by atoms with E-state index >= 15 is 0 Å². The van der Waals surface area contributed by atoms with Crippen LogP contribution in [0.15, 0.2) is 24.3 Å². The summed E-state index contributed by atoms with van der Waals surface area (Å²) in [5, 5.41) is 6.33. The van der Waals surface area contributed by atoms with Crippen LogP contribution in [0.2, 0.25) is 5.02 Å². The number of carbonyl (C=O) groups excluding carboxylic acids is 1. The number of rotatable bonds is 10. The van der Waals surface area contributed by atoms with Gasteiger partial charge in [0.05, 0.1) is 0 Å². The molecule has 0 saturated carbocycles. The van der Waals surface area contributed by atoms with E-state index in [1.165, 1.54) is 44.9 Å². The molecule has 3 nitrogen and oxygen atoms in total. The molecule has 0 radical (unpaired) electrons. The van der Waals surface area contributed by atoms with Gasteiger partial charge in [-0.2, -0.15) is 0 Å². The molecule has 0 bridgehead atoms. The van der Waals surface area contributed by atoms with Crippen LogP contribution >= 0.6 is 11.6 Å². The van der Waals surface area contributed by atoms with Crippen LogP contribution in [0, 0.1) is 0 Å². The van der Waals surface area contributed by atoms with Gasteiger partial charge in [-0.3, -0.25) is 0 Å². The van der Waals surface area contributed by atoms with Gasteiger partial charge in [-0.1, -0.05) is 63.5 Å². The molecule has 1 aromatic rings. The van der Waals surface area contributed by atoms with Gasteiger partial charge in [-0.05, 0) is 30.7 Å². The Morgan fingerprint density at radius 1 is 0.952 bits per heavy atom. The van der Waals surface area contributed by atoms with Crippen molar-refractivity contribution in [2.24, 2.45) is 0 Å². The third kappa shape index (κ3) is 9.35. The standard InChI is InChI=1S/C17H27ClN2O/c1-2-3-4-5-6-7-8-9-14-19-17(21)20-16-12-10-15(18)11-13-16/h10-13H,2-9,14H2,1H3,(H2,19,20,21). The molecule has 0 fully saturated rings. The smallest absolute Gasteiger partial charge is 0.319 e. The average molecular weight is 311 g/mol. The van der Waals surface area contributed by atoms with E-state index in [9.17, 15) is 4.79 Å². The zero-order chi connectivity index (χ0) is 15.3. The Kier molecular flexibility index (Phi) is 9.71. The van der Waals surface area contributed by atoms with E-state index in [-0.39, 0.29) is 6.03 Å². The minimum atomic E-state index is -0.153. The van der Waals surface area contributed by atoms with Crippen molar-refractivity contribution >= 4 is 23.3 Å². The molecule has 0 heterocycles. The van der Waals surface area contributed by atoms with Crippen LogP contribution in [-0.4, -0.2) is 12.6 Å². The van der Waals surface area contributed by atoms with Crippen LogP contribution in [0.25, 0.3) is 0 Å². The lowest BCUT2D eigenvalue weighted by Crippen LogP contribution is -2.29. The minimum Gasteiger partial charge on any atom is -0.338 e. The summed E-state index contributed by atoms with van der Waals surface area (Å²) < 4.78 is 0. The largest absolute Gasteiger partial charge is 0.338 e. The number of halogens is 1. The van der Waals surface area contributed by atoms with E-state index in [0.29, 0.717) is 5.02 Å². The molecule has 2 N–H and O–H groups in total. The van der Waals surface area contributed by atoms with Crippen molar-refractivity contribution in [2.45, 2.75) is 58.3 Å². The van der Waals surface area contributed by atoms with Crippen molar-refractivity contribution in [3.8, 4) is 0 Å². The molecule has 0 aliphatic carbocycles. The second-order valence-electron chi connectivity index (χ2n) is 5.36. The molecule has 1 rings (SSSR count). The fourth-order valence-corrected chi connectivity index (χ4v) is 2.30. The fraction of sp³-hybridized carbons (Fsp3) is 0.588. The second-order valence-corrected chi connectivity index (χ2v) is 5.80. The van der Waals surface area contributed by atoms with Crippen molar-refractivity contribution in [1.82, 2.24) is 5.32 Å². The number of hydrogen-bond donors (Lipinski definition) is 2. The first-order chi connectivity index (χ1) is 10.2. The Morgan fingerprint density at radius 3 is 2.14 bits per heavy atom. The lowest BCUT2D eigenvalue weighted by atomic mass is 10.1. The third-order valence-electron chi connectivity index (χ3n) is 3.42. The van der Waals surface area contributed by atoms with Crippen molar-refractivity contribution in [3.05, 3.63) is 29.3 Å². The van der Waals surface area contributed by atoms with Crippen molar-refractivity contribution in [1.29, 1.82) is 0 Å². The summed E-state index contributed by atoms with van der Waals surface area (Å²) in [6.07, 6.45) is 10.2. The molecular formula is C17H27ClN2O. The lowest BCUT2D eigenvalue weighted by Gasteiger charge is -2.07. The highest BCUT2D eigenvalue weighted by atomic mass is 35.5. The molecule has 0 aromatic heterocycles. The van der Waals surface area contributed by atoms with Gasteiger partial charge in [0.2, 0.25) is 0 Å². The van der Waals surface area contributed by atoms with Gasteiger partial charge >= 0.3 is 6.03 Å². The van der Waals surface area contributed by atoms with E-state index in [4.69, 9.17) is 11.6 Å². The van der Waals surface area contributed by atoms with Gasteiger partial charge < -0.3 is 10.6 Å². The first kappa shape index (κ1) is 17.8. The van der Waals surface area contributed by atoms with Gasteiger partial charge in [0.15, 0.2) is 0 Å². The number of nitrogens with one attached hydrogen (secondary N) is 2. The Balaban J connectivity index is 1.97. The van der Waals surface area contributed by atoms with Crippen molar-refractivity contribution < 1.29 is 4.79 Å². The molecule has 21 heavy (non-hydrogen) atoms. The second kappa shape index (κ2) is 11.4. The zero-order valence-corrected chi connectivity index (χ0v) is 13.7. The Labute approximate surface area is 133 Å². The van der Waals surface area contributed by atoms with Gasteiger partial charge in [0.25, 0.3) is 0 Å². The van der Waals surface area contributed by atoms with Crippen LogP contribution in [0.5, 0.6) is 0 Å². The molecule has 4 heteroatoms.